The van der Waals surface area contributed by atoms with Gasteiger partial charge in [0.2, 0.25) is 0 Å². The average molecular weight is 194 g/mol. The molecule has 0 saturated carbocycles. The topological polar surface area (TPSA) is 101 Å². The number of H-pyrrole nitrogens is 1. The van der Waals surface area contributed by atoms with Gasteiger partial charge in [0.05, 0.1) is 6.33 Å². The third kappa shape index (κ3) is 1.35. The maximum Gasteiger partial charge on any atom is 0.325 e. The molecule has 2 N–H and O–H groups in total. The predicted molar refractivity (Wildman–Crippen MR) is 45.8 cm³/mol. The lowest BCUT2D eigenvalue weighted by atomic mass is 10.4. The number of nitrogens with one attached hydrogen (secondary N) is 1. The van der Waals surface area contributed by atoms with Crippen molar-refractivity contribution in [2.75, 3.05) is 0 Å². The monoisotopic (exact) mass is 194 g/mol. The van der Waals surface area contributed by atoms with Crippen molar-refractivity contribution in [3.05, 3.63) is 22.9 Å². The van der Waals surface area contributed by atoms with Crippen LogP contribution in [0, 0.1) is 0 Å². The van der Waals surface area contributed by atoms with E-state index in [0.717, 1.165) is 4.68 Å². The molecule has 0 bridgehead atoms. The van der Waals surface area contributed by atoms with Crippen LogP contribution in [0.5, 0.6) is 0 Å². The molecule has 2 aromatic rings. The zero-order chi connectivity index (χ0) is 10.1. The molecular formula is C7H6N4O3. The third-order valence-electron chi connectivity index (χ3n) is 1.67. The second-order valence-corrected chi connectivity index (χ2v) is 2.69. The van der Waals surface area contributed by atoms with Crippen LogP contribution in [0.25, 0.3) is 11.0 Å². The van der Waals surface area contributed by atoms with Crippen molar-refractivity contribution in [2.24, 2.45) is 0 Å². The van der Waals surface area contributed by atoms with Crippen LogP contribution in [0.15, 0.2) is 17.3 Å². The lowest BCUT2D eigenvalue weighted by Gasteiger charge is -1.91. The number of aliphatic carboxylic acids is 1. The molecule has 0 aromatic carbocycles. The maximum absolute atomic E-state index is 11.2. The molecule has 14 heavy (non-hydrogen) atoms. The predicted octanol–water partition coefficient (Wildman–Crippen LogP) is -0.796. The van der Waals surface area contributed by atoms with E-state index in [0.29, 0.717) is 0 Å². The van der Waals surface area contributed by atoms with Crippen molar-refractivity contribution in [2.45, 2.75) is 6.54 Å². The van der Waals surface area contributed by atoms with Crippen LogP contribution in [-0.2, 0) is 11.3 Å². The van der Waals surface area contributed by atoms with E-state index in [2.05, 4.69) is 15.1 Å². The summed E-state index contributed by atoms with van der Waals surface area (Å²) in [6.45, 7) is -0.282. The number of nitrogens with zero attached hydrogens (tertiary/aromatic N) is 3. The maximum atomic E-state index is 11.2. The van der Waals surface area contributed by atoms with Gasteiger partial charge in [-0.3, -0.25) is 14.3 Å². The van der Waals surface area contributed by atoms with E-state index in [4.69, 9.17) is 5.11 Å². The van der Waals surface area contributed by atoms with Gasteiger partial charge in [0.1, 0.15) is 11.9 Å². The Morgan fingerprint density at radius 1 is 1.64 bits per heavy atom. The highest BCUT2D eigenvalue weighted by molar-refractivity contribution is 5.73. The smallest absolute Gasteiger partial charge is 0.325 e. The second-order valence-electron chi connectivity index (χ2n) is 2.69. The van der Waals surface area contributed by atoms with Gasteiger partial charge in [0, 0.05) is 6.20 Å². The van der Waals surface area contributed by atoms with Crippen molar-refractivity contribution >= 4 is 17.0 Å². The first-order chi connectivity index (χ1) is 6.66. The Morgan fingerprint density at radius 2 is 2.43 bits per heavy atom. The van der Waals surface area contributed by atoms with Gasteiger partial charge in [-0.25, -0.2) is 4.98 Å². The van der Waals surface area contributed by atoms with Gasteiger partial charge in [-0.2, -0.15) is 5.10 Å². The number of hydrogen-bond donors (Lipinski definition) is 2. The number of carbonyl (C=O) groups is 1. The molecule has 0 saturated heterocycles. The van der Waals surface area contributed by atoms with Gasteiger partial charge in [-0.1, -0.05) is 0 Å². The minimum atomic E-state index is -1.02. The van der Waals surface area contributed by atoms with E-state index in [-0.39, 0.29) is 23.1 Å². The summed E-state index contributed by atoms with van der Waals surface area (Å²) in [5, 5.41) is 12.6. The highest BCUT2D eigenvalue weighted by Gasteiger charge is 2.06. The van der Waals surface area contributed by atoms with Crippen molar-refractivity contribution in [1.29, 1.82) is 0 Å². The van der Waals surface area contributed by atoms with Gasteiger partial charge in [0.25, 0.3) is 5.56 Å². The number of rotatable bonds is 2. The first-order valence-electron chi connectivity index (χ1n) is 3.79. The van der Waals surface area contributed by atoms with Crippen molar-refractivity contribution in [3.63, 3.8) is 0 Å². The first-order valence-corrected chi connectivity index (χ1v) is 3.79. The van der Waals surface area contributed by atoms with Crippen LogP contribution >= 0.6 is 0 Å². The van der Waals surface area contributed by atoms with Crippen LogP contribution in [0.1, 0.15) is 0 Å². The molecule has 0 radical (unpaired) electrons. The zero-order valence-electron chi connectivity index (χ0n) is 6.97. The number of carboxylic acid groups (broad SMARTS) is 1. The van der Waals surface area contributed by atoms with Crippen LogP contribution in [0.2, 0.25) is 0 Å². The number of fused-ring (bicyclic) bond motifs is 1. The minimum absolute atomic E-state index is 0.245. The Bertz CT molecular complexity index is 541. The Hall–Kier alpha value is -2.18. The molecule has 2 heterocycles. The van der Waals surface area contributed by atoms with Crippen LogP contribution in [0.4, 0.5) is 0 Å². The lowest BCUT2D eigenvalue weighted by Crippen LogP contribution is -2.08. The Balaban J connectivity index is 2.57. The molecular weight excluding hydrogens is 188 g/mol. The van der Waals surface area contributed by atoms with Crippen LogP contribution in [-0.4, -0.2) is 30.8 Å². The Kier molecular flexibility index (Phi) is 1.77. The van der Waals surface area contributed by atoms with Crippen molar-refractivity contribution in [3.8, 4) is 0 Å². The fourth-order valence-electron chi connectivity index (χ4n) is 1.12. The highest BCUT2D eigenvalue weighted by Crippen LogP contribution is 2.01. The SMILES string of the molecule is O=C(O)Cn1cc2c(=O)[nH]cnc2n1. The van der Waals surface area contributed by atoms with E-state index in [9.17, 15) is 9.59 Å². The first kappa shape index (κ1) is 8.42. The fraction of sp³-hybridized carbons (Fsp3) is 0.143. The number of aromatic amines is 1. The van der Waals surface area contributed by atoms with Gasteiger partial charge in [0.15, 0.2) is 5.65 Å². The largest absolute Gasteiger partial charge is 0.480 e. The fourth-order valence-corrected chi connectivity index (χ4v) is 1.12. The average Bonchev–Trinajstić information content (AvgIpc) is 2.47. The quantitative estimate of drug-likeness (QED) is 0.652. The summed E-state index contributed by atoms with van der Waals surface area (Å²) >= 11 is 0. The molecule has 0 aliphatic rings. The molecule has 0 aliphatic heterocycles. The van der Waals surface area contributed by atoms with Crippen molar-refractivity contribution in [1.82, 2.24) is 19.7 Å². The van der Waals surface area contributed by atoms with Gasteiger partial charge in [-0.15, -0.1) is 0 Å². The molecule has 7 nitrogen and oxygen atoms in total. The second kappa shape index (κ2) is 2.95. The lowest BCUT2D eigenvalue weighted by molar-refractivity contribution is -0.137. The van der Waals surface area contributed by atoms with Crippen LogP contribution < -0.4 is 5.56 Å². The molecule has 0 fully saturated rings. The zero-order valence-corrected chi connectivity index (χ0v) is 6.97. The molecule has 7 heteroatoms. The van der Waals surface area contributed by atoms with E-state index in [1.165, 1.54) is 12.5 Å². The molecule has 72 valence electrons. The van der Waals surface area contributed by atoms with E-state index in [1.54, 1.807) is 0 Å². The molecule has 0 atom stereocenters. The molecule has 0 spiro atoms. The molecule has 0 aliphatic carbocycles. The van der Waals surface area contributed by atoms with Crippen molar-refractivity contribution < 1.29 is 9.90 Å². The molecule has 0 unspecified atom stereocenters. The summed E-state index contributed by atoms with van der Waals surface area (Å²) in [4.78, 5) is 27.7. The van der Waals surface area contributed by atoms with E-state index in [1.807, 2.05) is 0 Å². The summed E-state index contributed by atoms with van der Waals surface area (Å²) in [6.07, 6.45) is 2.58. The van der Waals surface area contributed by atoms with E-state index >= 15 is 0 Å². The van der Waals surface area contributed by atoms with Crippen LogP contribution in [0.3, 0.4) is 0 Å². The summed E-state index contributed by atoms with van der Waals surface area (Å²) in [6, 6.07) is 0. The Morgan fingerprint density at radius 3 is 3.07 bits per heavy atom. The summed E-state index contributed by atoms with van der Waals surface area (Å²) in [7, 11) is 0. The summed E-state index contributed by atoms with van der Waals surface area (Å²) in [5.41, 5.74) is -0.0818. The van der Waals surface area contributed by atoms with Gasteiger partial charge in [-0.05, 0) is 0 Å². The number of aromatic nitrogens is 4. The standard InChI is InChI=1S/C7H6N4O3/c12-5(13)2-11-1-4-6(10-11)8-3-9-7(4)14/h1,3H,2H2,(H,12,13)(H,8,9,10,14). The van der Waals surface area contributed by atoms with E-state index < -0.39 is 5.97 Å². The number of carboxylic acids is 1. The summed E-state index contributed by atoms with van der Waals surface area (Å²) < 4.78 is 1.16. The Labute approximate surface area is 77.0 Å². The van der Waals surface area contributed by atoms with Gasteiger partial charge < -0.3 is 10.1 Å². The van der Waals surface area contributed by atoms with Gasteiger partial charge >= 0.3 is 5.97 Å². The molecule has 2 rings (SSSR count). The molecule has 0 amide bonds. The summed E-state index contributed by atoms with van der Waals surface area (Å²) in [5.74, 6) is -1.02. The molecule has 2 aromatic heterocycles. The minimum Gasteiger partial charge on any atom is -0.480 e. The number of hydrogen-bond acceptors (Lipinski definition) is 4. The normalized spacial score (nSPS) is 10.6. The highest BCUT2D eigenvalue weighted by atomic mass is 16.4. The third-order valence-corrected chi connectivity index (χ3v) is 1.67.